The number of hydrogen-bond acceptors (Lipinski definition) is 3. The third-order valence-electron chi connectivity index (χ3n) is 4.49. The standard InChI is InChI=1S/C17H23F2N3O2/c1-12(11-21-5-7-24-8-6-21)20-17(23)22-4-2-3-13-9-14(18)15(19)10-16(13)22/h9-10,12H,2-8,11H2,1H3,(H,20,23). The van der Waals surface area contributed by atoms with Crippen LogP contribution >= 0.6 is 0 Å². The summed E-state index contributed by atoms with van der Waals surface area (Å²) in [6.45, 7) is 6.34. The van der Waals surface area contributed by atoms with Crippen LogP contribution in [0, 0.1) is 11.6 Å². The molecule has 1 saturated heterocycles. The molecule has 0 bridgehead atoms. The summed E-state index contributed by atoms with van der Waals surface area (Å²) in [5.41, 5.74) is 1.15. The van der Waals surface area contributed by atoms with E-state index in [0.717, 1.165) is 32.1 Å². The van der Waals surface area contributed by atoms with Crippen LogP contribution < -0.4 is 10.2 Å². The smallest absolute Gasteiger partial charge is 0.322 e. The molecule has 0 spiro atoms. The molecule has 1 aromatic carbocycles. The molecule has 2 amide bonds. The van der Waals surface area contributed by atoms with E-state index in [2.05, 4.69) is 10.2 Å². The lowest BCUT2D eigenvalue weighted by Gasteiger charge is -2.33. The zero-order valence-electron chi connectivity index (χ0n) is 13.9. The number of carbonyl (C=O) groups excluding carboxylic acids is 1. The van der Waals surface area contributed by atoms with Gasteiger partial charge < -0.3 is 10.1 Å². The van der Waals surface area contributed by atoms with Gasteiger partial charge in [0.15, 0.2) is 11.6 Å². The molecule has 2 heterocycles. The van der Waals surface area contributed by atoms with E-state index < -0.39 is 11.6 Å². The van der Waals surface area contributed by atoms with Crippen molar-refractivity contribution in [2.24, 2.45) is 0 Å². The molecule has 2 aliphatic rings. The molecular weight excluding hydrogens is 316 g/mol. The van der Waals surface area contributed by atoms with Gasteiger partial charge in [-0.25, -0.2) is 13.6 Å². The molecule has 1 fully saturated rings. The number of carbonyl (C=O) groups is 1. The molecule has 0 aromatic heterocycles. The summed E-state index contributed by atoms with van der Waals surface area (Å²) in [7, 11) is 0. The van der Waals surface area contributed by atoms with Crippen molar-refractivity contribution in [3.05, 3.63) is 29.3 Å². The second-order valence-corrected chi connectivity index (χ2v) is 6.41. The first-order valence-corrected chi connectivity index (χ1v) is 8.40. The van der Waals surface area contributed by atoms with Crippen LogP contribution in [0.1, 0.15) is 18.9 Å². The number of fused-ring (bicyclic) bond motifs is 1. The molecule has 132 valence electrons. The Morgan fingerprint density at radius 2 is 1.96 bits per heavy atom. The van der Waals surface area contributed by atoms with Crippen molar-refractivity contribution in [2.45, 2.75) is 25.8 Å². The first-order chi connectivity index (χ1) is 11.5. The fourth-order valence-corrected chi connectivity index (χ4v) is 3.29. The predicted octanol–water partition coefficient (Wildman–Crippen LogP) is 2.15. The summed E-state index contributed by atoms with van der Waals surface area (Å²) in [6, 6.07) is 2.02. The third-order valence-corrected chi connectivity index (χ3v) is 4.49. The van der Waals surface area contributed by atoms with Crippen molar-refractivity contribution in [1.82, 2.24) is 10.2 Å². The van der Waals surface area contributed by atoms with Crippen LogP contribution in [0.25, 0.3) is 0 Å². The highest BCUT2D eigenvalue weighted by atomic mass is 19.2. The average molecular weight is 339 g/mol. The van der Waals surface area contributed by atoms with Crippen LogP contribution in [0.2, 0.25) is 0 Å². The second-order valence-electron chi connectivity index (χ2n) is 6.41. The Labute approximate surface area is 140 Å². The summed E-state index contributed by atoms with van der Waals surface area (Å²) in [5.74, 6) is -1.79. The van der Waals surface area contributed by atoms with E-state index in [9.17, 15) is 13.6 Å². The highest BCUT2D eigenvalue weighted by Crippen LogP contribution is 2.29. The van der Waals surface area contributed by atoms with Gasteiger partial charge in [-0.1, -0.05) is 0 Å². The predicted molar refractivity (Wildman–Crippen MR) is 87.3 cm³/mol. The van der Waals surface area contributed by atoms with Crippen molar-refractivity contribution >= 4 is 11.7 Å². The topological polar surface area (TPSA) is 44.8 Å². The van der Waals surface area contributed by atoms with E-state index in [1.165, 1.54) is 11.0 Å². The van der Waals surface area contributed by atoms with Gasteiger partial charge in [0.2, 0.25) is 0 Å². The fourth-order valence-electron chi connectivity index (χ4n) is 3.29. The first kappa shape index (κ1) is 17.1. The molecule has 1 unspecified atom stereocenters. The van der Waals surface area contributed by atoms with E-state index in [1.54, 1.807) is 0 Å². The third kappa shape index (κ3) is 3.84. The molecule has 2 aliphatic heterocycles. The number of urea groups is 1. The molecule has 1 aromatic rings. The molecule has 24 heavy (non-hydrogen) atoms. The largest absolute Gasteiger partial charge is 0.379 e. The van der Waals surface area contributed by atoms with Crippen molar-refractivity contribution in [3.8, 4) is 0 Å². The van der Waals surface area contributed by atoms with Crippen molar-refractivity contribution in [2.75, 3.05) is 44.3 Å². The summed E-state index contributed by atoms with van der Waals surface area (Å²) in [4.78, 5) is 16.3. The molecule has 1 atom stereocenters. The number of ether oxygens (including phenoxy) is 1. The number of nitrogens with zero attached hydrogens (tertiary/aromatic N) is 2. The zero-order valence-corrected chi connectivity index (χ0v) is 13.9. The molecule has 0 saturated carbocycles. The molecule has 1 N–H and O–H groups in total. The lowest BCUT2D eigenvalue weighted by molar-refractivity contribution is 0.0349. The minimum atomic E-state index is -0.921. The molecule has 0 aliphatic carbocycles. The average Bonchev–Trinajstić information content (AvgIpc) is 2.56. The van der Waals surface area contributed by atoms with Crippen LogP contribution in [0.3, 0.4) is 0 Å². The molecule has 0 radical (unpaired) electrons. The number of benzene rings is 1. The van der Waals surface area contributed by atoms with Crippen LogP contribution in [-0.2, 0) is 11.2 Å². The van der Waals surface area contributed by atoms with E-state index in [0.29, 0.717) is 37.4 Å². The van der Waals surface area contributed by atoms with E-state index in [4.69, 9.17) is 4.74 Å². The number of morpholine rings is 1. The molecule has 3 rings (SSSR count). The Kier molecular flexibility index (Phi) is 5.30. The molecule has 5 nitrogen and oxygen atoms in total. The minimum Gasteiger partial charge on any atom is -0.379 e. The van der Waals surface area contributed by atoms with E-state index >= 15 is 0 Å². The SMILES string of the molecule is CC(CN1CCOCC1)NC(=O)N1CCCc2cc(F)c(F)cc21. The lowest BCUT2D eigenvalue weighted by atomic mass is 10.0. The highest BCUT2D eigenvalue weighted by molar-refractivity contribution is 5.93. The van der Waals surface area contributed by atoms with Crippen molar-refractivity contribution in [3.63, 3.8) is 0 Å². The normalized spacial score (nSPS) is 19.7. The van der Waals surface area contributed by atoms with Gasteiger partial charge in [-0.05, 0) is 31.4 Å². The molecular formula is C17H23F2N3O2. The summed E-state index contributed by atoms with van der Waals surface area (Å²) >= 11 is 0. The number of amides is 2. The monoisotopic (exact) mass is 339 g/mol. The highest BCUT2D eigenvalue weighted by Gasteiger charge is 2.26. The van der Waals surface area contributed by atoms with Gasteiger partial charge in [0.1, 0.15) is 0 Å². The van der Waals surface area contributed by atoms with E-state index in [-0.39, 0.29) is 12.1 Å². The van der Waals surface area contributed by atoms with Gasteiger partial charge in [-0.15, -0.1) is 0 Å². The maximum atomic E-state index is 13.6. The minimum absolute atomic E-state index is 0.0359. The second kappa shape index (κ2) is 7.44. The van der Waals surface area contributed by atoms with Gasteiger partial charge in [0, 0.05) is 38.3 Å². The van der Waals surface area contributed by atoms with Crippen LogP contribution in [-0.4, -0.2) is 56.4 Å². The Morgan fingerprint density at radius 1 is 1.25 bits per heavy atom. The number of aryl methyl sites for hydroxylation is 1. The number of anilines is 1. The van der Waals surface area contributed by atoms with E-state index in [1.807, 2.05) is 6.92 Å². The maximum Gasteiger partial charge on any atom is 0.322 e. The van der Waals surface area contributed by atoms with Gasteiger partial charge >= 0.3 is 6.03 Å². The van der Waals surface area contributed by atoms with Gasteiger partial charge in [0.05, 0.1) is 18.9 Å². The zero-order chi connectivity index (χ0) is 17.1. The maximum absolute atomic E-state index is 13.6. The summed E-state index contributed by atoms with van der Waals surface area (Å²) < 4.78 is 32.3. The van der Waals surface area contributed by atoms with Gasteiger partial charge in [-0.2, -0.15) is 0 Å². The number of nitrogens with one attached hydrogen (secondary N) is 1. The summed E-state index contributed by atoms with van der Waals surface area (Å²) in [5, 5.41) is 2.96. The number of halogens is 2. The van der Waals surface area contributed by atoms with Crippen LogP contribution in [0.15, 0.2) is 12.1 Å². The van der Waals surface area contributed by atoms with Gasteiger partial charge in [0.25, 0.3) is 0 Å². The Hall–Kier alpha value is -1.73. The Balaban J connectivity index is 1.64. The van der Waals surface area contributed by atoms with Crippen molar-refractivity contribution in [1.29, 1.82) is 0 Å². The molecule has 7 heteroatoms. The van der Waals surface area contributed by atoms with Gasteiger partial charge in [-0.3, -0.25) is 9.80 Å². The van der Waals surface area contributed by atoms with Crippen LogP contribution in [0.5, 0.6) is 0 Å². The lowest BCUT2D eigenvalue weighted by Crippen LogP contribution is -2.50. The Morgan fingerprint density at radius 3 is 2.71 bits per heavy atom. The Bertz CT molecular complexity index is 606. The van der Waals surface area contributed by atoms with Crippen LogP contribution in [0.4, 0.5) is 19.3 Å². The van der Waals surface area contributed by atoms with Crippen molar-refractivity contribution < 1.29 is 18.3 Å². The fraction of sp³-hybridized carbons (Fsp3) is 0.588. The first-order valence-electron chi connectivity index (χ1n) is 8.40. The quantitative estimate of drug-likeness (QED) is 0.918. The number of hydrogen-bond donors (Lipinski definition) is 1. The summed E-state index contributed by atoms with van der Waals surface area (Å²) in [6.07, 6.45) is 1.39. The number of rotatable bonds is 3.